The van der Waals surface area contributed by atoms with Crippen LogP contribution in [-0.4, -0.2) is 39.6 Å². The third-order valence-corrected chi connectivity index (χ3v) is 7.49. The van der Waals surface area contributed by atoms with Gasteiger partial charge in [0.05, 0.1) is 11.4 Å². The van der Waals surface area contributed by atoms with E-state index in [1.165, 1.54) is 5.56 Å². The van der Waals surface area contributed by atoms with Crippen molar-refractivity contribution in [2.45, 2.75) is 45.1 Å². The Bertz CT molecular complexity index is 1480. The number of fused-ring (bicyclic) bond motifs is 1. The van der Waals surface area contributed by atoms with E-state index >= 15 is 0 Å². The Morgan fingerprint density at radius 3 is 2.35 bits per heavy atom. The maximum Gasteiger partial charge on any atom is 0.256 e. The fraction of sp³-hybridized carbons (Fsp3) is 0.333. The molecule has 2 aromatic carbocycles. The van der Waals surface area contributed by atoms with Crippen LogP contribution in [0.5, 0.6) is 0 Å². The summed E-state index contributed by atoms with van der Waals surface area (Å²) in [6, 6.07) is 21.5. The highest BCUT2D eigenvalue weighted by molar-refractivity contribution is 5.94. The van der Waals surface area contributed by atoms with Crippen LogP contribution in [0.15, 0.2) is 71.5 Å². The molecule has 1 aliphatic carbocycles. The number of nitrogens with zero attached hydrogens (tertiary/aromatic N) is 4. The molecule has 2 aliphatic rings. The lowest BCUT2D eigenvalue weighted by molar-refractivity contribution is 0.0951. The second-order valence-electron chi connectivity index (χ2n) is 10.3. The van der Waals surface area contributed by atoms with Gasteiger partial charge >= 0.3 is 0 Å². The third-order valence-electron chi connectivity index (χ3n) is 7.49. The number of carbonyl (C=O) groups is 1. The van der Waals surface area contributed by atoms with Gasteiger partial charge in [-0.1, -0.05) is 30.3 Å². The molecule has 6 rings (SSSR count). The molecular formula is C30H31N5O2. The van der Waals surface area contributed by atoms with E-state index in [2.05, 4.69) is 40.5 Å². The summed E-state index contributed by atoms with van der Waals surface area (Å²) in [5.41, 5.74) is 3.95. The average Bonchev–Trinajstić information content (AvgIpc) is 3.74. The molecule has 37 heavy (non-hydrogen) atoms. The van der Waals surface area contributed by atoms with E-state index in [9.17, 15) is 9.59 Å². The fourth-order valence-corrected chi connectivity index (χ4v) is 5.18. The molecule has 1 saturated heterocycles. The Kier molecular flexibility index (Phi) is 6.20. The molecule has 7 heteroatoms. The van der Waals surface area contributed by atoms with Crippen LogP contribution in [0, 0.1) is 12.8 Å². The Labute approximate surface area is 216 Å². The molecular weight excluding hydrogens is 462 g/mol. The zero-order valence-corrected chi connectivity index (χ0v) is 21.1. The normalized spacial score (nSPS) is 16.2. The first-order chi connectivity index (χ1) is 18.0. The summed E-state index contributed by atoms with van der Waals surface area (Å²) in [5, 5.41) is 3.85. The van der Waals surface area contributed by atoms with Crippen LogP contribution in [0.1, 0.15) is 47.3 Å². The quantitative estimate of drug-likeness (QED) is 0.430. The number of anilines is 1. The standard InChI is InChI=1S/C30H31N5O2/c1-20-26-13-14-27(36)35(25-11-7-23(8-12-25)29(37)32-24-9-10-24)28(26)33-30(31-20)34-17-15-22(16-18-34)19-21-5-3-2-4-6-21/h2-8,11-14,22,24H,9-10,15-19H2,1H3,(H,32,37). The van der Waals surface area contributed by atoms with E-state index in [1.807, 2.05) is 19.1 Å². The summed E-state index contributed by atoms with van der Waals surface area (Å²) < 4.78 is 1.62. The third kappa shape index (κ3) is 4.99. The summed E-state index contributed by atoms with van der Waals surface area (Å²) in [7, 11) is 0. The zero-order valence-electron chi connectivity index (χ0n) is 21.1. The summed E-state index contributed by atoms with van der Waals surface area (Å²) in [5.74, 6) is 1.24. The van der Waals surface area contributed by atoms with Gasteiger partial charge < -0.3 is 10.2 Å². The van der Waals surface area contributed by atoms with E-state index < -0.39 is 0 Å². The molecule has 1 saturated carbocycles. The van der Waals surface area contributed by atoms with Gasteiger partial charge in [0.25, 0.3) is 11.5 Å². The van der Waals surface area contributed by atoms with Crippen molar-refractivity contribution >= 4 is 22.9 Å². The van der Waals surface area contributed by atoms with Gasteiger partial charge in [0.15, 0.2) is 5.65 Å². The average molecular weight is 494 g/mol. The minimum absolute atomic E-state index is 0.0737. The van der Waals surface area contributed by atoms with Crippen molar-refractivity contribution < 1.29 is 4.79 Å². The first-order valence-electron chi connectivity index (χ1n) is 13.2. The molecule has 0 spiro atoms. The van der Waals surface area contributed by atoms with Crippen molar-refractivity contribution in [3.63, 3.8) is 0 Å². The van der Waals surface area contributed by atoms with Crippen molar-refractivity contribution in [1.29, 1.82) is 0 Å². The molecule has 0 unspecified atom stereocenters. The molecule has 2 fully saturated rings. The van der Waals surface area contributed by atoms with E-state index in [0.29, 0.717) is 34.8 Å². The maximum atomic E-state index is 13.0. The highest BCUT2D eigenvalue weighted by Gasteiger charge is 2.24. The second-order valence-corrected chi connectivity index (χ2v) is 10.3. The van der Waals surface area contributed by atoms with Crippen molar-refractivity contribution in [3.05, 3.63) is 93.9 Å². The van der Waals surface area contributed by atoms with E-state index in [-0.39, 0.29) is 11.5 Å². The predicted molar refractivity (Wildman–Crippen MR) is 145 cm³/mol. The van der Waals surface area contributed by atoms with E-state index in [1.54, 1.807) is 28.8 Å². The Morgan fingerprint density at radius 2 is 1.65 bits per heavy atom. The van der Waals surface area contributed by atoms with E-state index in [4.69, 9.17) is 9.97 Å². The second kappa shape index (κ2) is 9.81. The number of hydrogen-bond donors (Lipinski definition) is 1. The zero-order chi connectivity index (χ0) is 25.4. The van der Waals surface area contributed by atoms with Crippen molar-refractivity contribution in [3.8, 4) is 5.69 Å². The number of nitrogens with one attached hydrogen (secondary N) is 1. The summed E-state index contributed by atoms with van der Waals surface area (Å²) in [4.78, 5) is 37.4. The monoisotopic (exact) mass is 493 g/mol. The Morgan fingerprint density at radius 1 is 0.919 bits per heavy atom. The first-order valence-corrected chi connectivity index (χ1v) is 13.2. The van der Waals surface area contributed by atoms with Gasteiger partial charge in [0, 0.05) is 36.1 Å². The smallest absolute Gasteiger partial charge is 0.256 e. The molecule has 1 amide bonds. The molecule has 1 N–H and O–H groups in total. The number of benzene rings is 2. The number of aryl methyl sites for hydroxylation is 1. The van der Waals surface area contributed by atoms with Crippen LogP contribution < -0.4 is 15.8 Å². The largest absolute Gasteiger partial charge is 0.349 e. The highest BCUT2D eigenvalue weighted by atomic mass is 16.1. The highest BCUT2D eigenvalue weighted by Crippen LogP contribution is 2.26. The Hall–Kier alpha value is -4.00. The number of hydrogen-bond acceptors (Lipinski definition) is 5. The topological polar surface area (TPSA) is 80.1 Å². The van der Waals surface area contributed by atoms with Crippen LogP contribution in [-0.2, 0) is 6.42 Å². The molecule has 2 aromatic heterocycles. The van der Waals surface area contributed by atoms with Gasteiger partial charge in [-0.2, -0.15) is 4.98 Å². The molecule has 4 aromatic rings. The Balaban J connectivity index is 1.26. The van der Waals surface area contributed by atoms with Crippen LogP contribution in [0.25, 0.3) is 16.7 Å². The van der Waals surface area contributed by atoms with Crippen LogP contribution in [0.4, 0.5) is 5.95 Å². The number of rotatable bonds is 6. The minimum Gasteiger partial charge on any atom is -0.349 e. The van der Waals surface area contributed by atoms with Crippen LogP contribution in [0.3, 0.4) is 0 Å². The molecule has 0 radical (unpaired) electrons. The summed E-state index contributed by atoms with van der Waals surface area (Å²) in [6.45, 7) is 3.75. The molecule has 7 nitrogen and oxygen atoms in total. The minimum atomic E-state index is -0.159. The van der Waals surface area contributed by atoms with Gasteiger partial charge in [-0.25, -0.2) is 4.98 Å². The van der Waals surface area contributed by atoms with Gasteiger partial charge in [-0.15, -0.1) is 0 Å². The number of aromatic nitrogens is 3. The lowest BCUT2D eigenvalue weighted by atomic mass is 9.90. The van der Waals surface area contributed by atoms with E-state index in [0.717, 1.165) is 56.3 Å². The summed E-state index contributed by atoms with van der Waals surface area (Å²) >= 11 is 0. The maximum absolute atomic E-state index is 13.0. The fourth-order valence-electron chi connectivity index (χ4n) is 5.18. The lowest BCUT2D eigenvalue weighted by Crippen LogP contribution is -2.35. The molecule has 3 heterocycles. The first kappa shape index (κ1) is 23.4. The van der Waals surface area contributed by atoms with Crippen molar-refractivity contribution in [2.75, 3.05) is 18.0 Å². The molecule has 0 atom stereocenters. The molecule has 188 valence electrons. The molecule has 0 bridgehead atoms. The number of carbonyl (C=O) groups excluding carboxylic acids is 1. The SMILES string of the molecule is Cc1nc(N2CCC(Cc3ccccc3)CC2)nc2c1ccc(=O)n2-c1ccc(C(=O)NC2CC2)cc1. The van der Waals surface area contributed by atoms with Gasteiger partial charge in [-0.3, -0.25) is 14.2 Å². The number of piperidine rings is 1. The van der Waals surface area contributed by atoms with Crippen molar-refractivity contribution in [1.82, 2.24) is 19.9 Å². The summed E-state index contributed by atoms with van der Waals surface area (Å²) in [6.07, 6.45) is 5.35. The van der Waals surface area contributed by atoms with Gasteiger partial charge in [0.1, 0.15) is 0 Å². The van der Waals surface area contributed by atoms with Crippen LogP contribution in [0.2, 0.25) is 0 Å². The van der Waals surface area contributed by atoms with Gasteiger partial charge in [0.2, 0.25) is 5.95 Å². The van der Waals surface area contributed by atoms with Crippen molar-refractivity contribution in [2.24, 2.45) is 5.92 Å². The molecule has 1 aliphatic heterocycles. The lowest BCUT2D eigenvalue weighted by Gasteiger charge is -2.32. The number of amides is 1. The van der Waals surface area contributed by atoms with Crippen LogP contribution >= 0.6 is 0 Å². The predicted octanol–water partition coefficient (Wildman–Crippen LogP) is 4.44. The number of pyridine rings is 1. The van der Waals surface area contributed by atoms with Gasteiger partial charge in [-0.05, 0) is 80.8 Å².